The normalized spacial score (nSPS) is 10.8. The first-order chi connectivity index (χ1) is 20.2. The van der Waals surface area contributed by atoms with Crippen molar-refractivity contribution in [1.82, 2.24) is 14.9 Å². The van der Waals surface area contributed by atoms with Crippen LogP contribution in [0.2, 0.25) is 0 Å². The van der Waals surface area contributed by atoms with Crippen LogP contribution in [0.15, 0.2) is 66.9 Å². The molecule has 10 nitrogen and oxygen atoms in total. The summed E-state index contributed by atoms with van der Waals surface area (Å²) < 4.78 is 37.0. The number of rotatable bonds is 11. The topological polar surface area (TPSA) is 98.3 Å². The summed E-state index contributed by atoms with van der Waals surface area (Å²) in [4.78, 5) is 25.8. The number of nitrogens with zero attached hydrogens (tertiary/aromatic N) is 4. The van der Waals surface area contributed by atoms with E-state index in [4.69, 9.17) is 18.9 Å². The molecule has 1 amide bonds. The van der Waals surface area contributed by atoms with Gasteiger partial charge in [-0.3, -0.25) is 0 Å². The lowest BCUT2D eigenvalue weighted by atomic mass is 10.1. The van der Waals surface area contributed by atoms with Crippen LogP contribution in [0.4, 0.5) is 32.3 Å². The summed E-state index contributed by atoms with van der Waals surface area (Å²) in [7, 11) is 6.85. The van der Waals surface area contributed by atoms with E-state index in [9.17, 15) is 9.18 Å². The van der Waals surface area contributed by atoms with Crippen LogP contribution in [0.5, 0.6) is 23.0 Å². The van der Waals surface area contributed by atoms with E-state index in [1.807, 2.05) is 51.0 Å². The van der Waals surface area contributed by atoms with Crippen molar-refractivity contribution in [2.45, 2.75) is 13.8 Å². The number of hydrogen-bond acceptors (Lipinski definition) is 9. The number of para-hydroxylation sites is 1. The fourth-order valence-corrected chi connectivity index (χ4v) is 4.07. The molecule has 0 bridgehead atoms. The number of ether oxygens (including phenoxy) is 4. The molecule has 1 heterocycles. The van der Waals surface area contributed by atoms with E-state index in [2.05, 4.69) is 15.3 Å². The number of benzene rings is 3. The first-order valence-electron chi connectivity index (χ1n) is 13.2. The first kappa shape index (κ1) is 30.1. The van der Waals surface area contributed by atoms with Gasteiger partial charge in [-0.2, -0.15) is 4.98 Å². The largest absolute Gasteiger partial charge is 0.497 e. The van der Waals surface area contributed by atoms with Gasteiger partial charge in [-0.25, -0.2) is 19.1 Å². The van der Waals surface area contributed by atoms with Crippen LogP contribution in [0, 0.1) is 19.7 Å². The number of amides is 1. The summed E-state index contributed by atoms with van der Waals surface area (Å²) in [5, 5.41) is 2.99. The number of carbonyl (C=O) groups excluding carboxylic acids is 1. The van der Waals surface area contributed by atoms with Gasteiger partial charge in [0.2, 0.25) is 5.95 Å². The number of anilines is 4. The van der Waals surface area contributed by atoms with Crippen LogP contribution in [0.1, 0.15) is 11.1 Å². The van der Waals surface area contributed by atoms with Crippen LogP contribution in [0.25, 0.3) is 0 Å². The molecule has 0 spiro atoms. The highest BCUT2D eigenvalue weighted by atomic mass is 19.1. The zero-order valence-corrected chi connectivity index (χ0v) is 24.5. The molecule has 1 N–H and O–H groups in total. The Morgan fingerprint density at radius 1 is 0.952 bits per heavy atom. The Bertz CT molecular complexity index is 1530. The van der Waals surface area contributed by atoms with Crippen molar-refractivity contribution in [3.63, 3.8) is 0 Å². The number of likely N-dealkylation sites (N-methyl/N-ethyl adjacent to an activating group) is 1. The van der Waals surface area contributed by atoms with Crippen molar-refractivity contribution in [3.8, 4) is 23.0 Å². The fourth-order valence-electron chi connectivity index (χ4n) is 4.07. The third kappa shape index (κ3) is 7.24. The van der Waals surface area contributed by atoms with Gasteiger partial charge in [0.1, 0.15) is 29.7 Å². The molecule has 3 aromatic carbocycles. The highest BCUT2D eigenvalue weighted by molar-refractivity contribution is 5.98. The quantitative estimate of drug-likeness (QED) is 0.222. The molecule has 4 rings (SSSR count). The monoisotopic (exact) mass is 575 g/mol. The summed E-state index contributed by atoms with van der Waals surface area (Å²) in [5.74, 6) is 1.27. The molecule has 1 aromatic heterocycles. The van der Waals surface area contributed by atoms with Gasteiger partial charge in [0.05, 0.1) is 19.9 Å². The van der Waals surface area contributed by atoms with Gasteiger partial charge >= 0.3 is 6.09 Å². The Hall–Kier alpha value is -4.90. The Balaban J connectivity index is 1.67. The second kappa shape index (κ2) is 13.6. The molecule has 42 heavy (non-hydrogen) atoms. The van der Waals surface area contributed by atoms with Crippen molar-refractivity contribution in [2.75, 3.05) is 51.7 Å². The maximum atomic E-state index is 14.7. The average Bonchev–Trinajstić information content (AvgIpc) is 2.96. The van der Waals surface area contributed by atoms with Gasteiger partial charge in [-0.05, 0) is 63.3 Å². The van der Waals surface area contributed by atoms with Gasteiger partial charge in [-0.15, -0.1) is 0 Å². The zero-order chi connectivity index (χ0) is 30.2. The molecular weight excluding hydrogens is 541 g/mol. The highest BCUT2D eigenvalue weighted by Gasteiger charge is 2.27. The number of halogens is 1. The van der Waals surface area contributed by atoms with Crippen molar-refractivity contribution in [2.24, 2.45) is 0 Å². The smallest absolute Gasteiger partial charge is 0.425 e. The standard InChI is InChI=1S/C31H34FN5O5/c1-20-8-7-9-21(2)29(20)42-31(38)37(25-12-11-23(39-5)19-27(25)40-6)28-14-15-33-30(35-28)34-22-10-13-26(24(32)18-22)41-17-16-36(3)4/h7-15,18-19H,16-17H2,1-6H3,(H,33,34,35). The predicted molar refractivity (Wildman–Crippen MR) is 159 cm³/mol. The average molecular weight is 576 g/mol. The van der Waals surface area contributed by atoms with Gasteiger partial charge in [0.15, 0.2) is 11.6 Å². The maximum Gasteiger partial charge on any atom is 0.425 e. The van der Waals surface area contributed by atoms with Gasteiger partial charge in [0.25, 0.3) is 0 Å². The molecule has 220 valence electrons. The Kier molecular flexibility index (Phi) is 9.77. The number of aryl methyl sites for hydroxylation is 2. The maximum absolute atomic E-state index is 14.7. The third-order valence-electron chi connectivity index (χ3n) is 6.26. The summed E-state index contributed by atoms with van der Waals surface area (Å²) in [6.07, 6.45) is 0.764. The number of carbonyl (C=O) groups is 1. The molecule has 0 aliphatic heterocycles. The van der Waals surface area contributed by atoms with E-state index >= 15 is 0 Å². The fraction of sp³-hybridized carbons (Fsp3) is 0.258. The minimum absolute atomic E-state index is 0.130. The van der Waals surface area contributed by atoms with Crippen LogP contribution in [-0.4, -0.2) is 62.4 Å². The molecule has 0 fully saturated rings. The summed E-state index contributed by atoms with van der Waals surface area (Å²) in [6, 6.07) is 16.7. The van der Waals surface area contributed by atoms with Crippen molar-refractivity contribution >= 4 is 29.2 Å². The van der Waals surface area contributed by atoms with Gasteiger partial charge < -0.3 is 29.2 Å². The molecule has 0 aliphatic rings. The summed E-state index contributed by atoms with van der Waals surface area (Å²) in [5.41, 5.74) is 2.36. The van der Waals surface area contributed by atoms with E-state index in [-0.39, 0.29) is 17.5 Å². The molecule has 4 aromatic rings. The SMILES string of the molecule is COc1ccc(N(C(=O)Oc2c(C)cccc2C)c2ccnc(Nc3ccc(OCCN(C)C)c(F)c3)n2)c(OC)c1. The van der Waals surface area contributed by atoms with Gasteiger partial charge in [-0.1, -0.05) is 18.2 Å². The molecule has 0 unspecified atom stereocenters. The van der Waals surface area contributed by atoms with Crippen LogP contribution >= 0.6 is 0 Å². The number of aromatic nitrogens is 2. The van der Waals surface area contributed by atoms with E-state index < -0.39 is 11.9 Å². The van der Waals surface area contributed by atoms with Gasteiger partial charge in [0, 0.05) is 36.6 Å². The molecule has 0 radical (unpaired) electrons. The first-order valence-corrected chi connectivity index (χ1v) is 13.2. The van der Waals surface area contributed by atoms with E-state index in [1.165, 1.54) is 37.4 Å². The lowest BCUT2D eigenvalue weighted by Crippen LogP contribution is -2.31. The van der Waals surface area contributed by atoms with E-state index in [0.29, 0.717) is 41.8 Å². The van der Waals surface area contributed by atoms with E-state index in [0.717, 1.165) is 11.1 Å². The number of methoxy groups -OCH3 is 2. The second-order valence-corrected chi connectivity index (χ2v) is 9.62. The van der Waals surface area contributed by atoms with Crippen LogP contribution in [0.3, 0.4) is 0 Å². The Morgan fingerprint density at radius 3 is 2.38 bits per heavy atom. The number of nitrogens with one attached hydrogen (secondary N) is 1. The zero-order valence-electron chi connectivity index (χ0n) is 24.5. The van der Waals surface area contributed by atoms with Crippen molar-refractivity contribution in [3.05, 3.63) is 83.8 Å². The molecule has 0 aliphatic carbocycles. The second-order valence-electron chi connectivity index (χ2n) is 9.62. The lowest BCUT2D eigenvalue weighted by molar-refractivity contribution is 0.209. The minimum Gasteiger partial charge on any atom is -0.497 e. The van der Waals surface area contributed by atoms with Crippen molar-refractivity contribution in [1.29, 1.82) is 0 Å². The summed E-state index contributed by atoms with van der Waals surface area (Å²) in [6.45, 7) is 4.72. The molecule has 0 saturated heterocycles. The van der Waals surface area contributed by atoms with Crippen LogP contribution in [-0.2, 0) is 0 Å². The molecule has 11 heteroatoms. The Labute approximate surface area is 244 Å². The Morgan fingerprint density at radius 2 is 1.71 bits per heavy atom. The number of hydrogen-bond donors (Lipinski definition) is 1. The predicted octanol–water partition coefficient (Wildman–Crippen LogP) is 6.27. The molecule has 0 atom stereocenters. The summed E-state index contributed by atoms with van der Waals surface area (Å²) >= 11 is 0. The molecular formula is C31H34FN5O5. The lowest BCUT2D eigenvalue weighted by Gasteiger charge is -2.24. The van der Waals surface area contributed by atoms with Crippen LogP contribution < -0.4 is 29.2 Å². The van der Waals surface area contributed by atoms with Crippen molar-refractivity contribution < 1.29 is 28.1 Å². The third-order valence-corrected chi connectivity index (χ3v) is 6.26. The molecule has 0 saturated carbocycles. The minimum atomic E-state index is -0.717. The van der Waals surface area contributed by atoms with E-state index in [1.54, 1.807) is 30.3 Å². The highest BCUT2D eigenvalue weighted by Crippen LogP contribution is 2.37.